The Morgan fingerprint density at radius 3 is 2.25 bits per heavy atom. The Balaban J connectivity index is 1.64. The van der Waals surface area contributed by atoms with Gasteiger partial charge in [-0.25, -0.2) is 0 Å². The highest BCUT2D eigenvalue weighted by Gasteiger charge is 2.23. The van der Waals surface area contributed by atoms with Crippen molar-refractivity contribution in [3.05, 3.63) is 41.5 Å². The number of carbonyl (C=O) groups is 1. The van der Waals surface area contributed by atoms with Gasteiger partial charge in [0.15, 0.2) is 0 Å². The SMILES string of the molecule is Cc1cc(N2CCN(C(=O)c3cnn(C(C)C)c3)CC2)cc(C)n1. The Morgan fingerprint density at radius 2 is 1.71 bits per heavy atom. The highest BCUT2D eigenvalue weighted by atomic mass is 16.2. The van der Waals surface area contributed by atoms with Crippen molar-refractivity contribution in [2.75, 3.05) is 31.1 Å². The van der Waals surface area contributed by atoms with Crippen LogP contribution >= 0.6 is 0 Å². The number of pyridine rings is 1. The third-order valence-corrected chi connectivity index (χ3v) is 4.38. The van der Waals surface area contributed by atoms with Gasteiger partial charge in [-0.15, -0.1) is 0 Å². The first-order valence-corrected chi connectivity index (χ1v) is 8.47. The van der Waals surface area contributed by atoms with E-state index in [-0.39, 0.29) is 11.9 Å². The van der Waals surface area contributed by atoms with Crippen molar-refractivity contribution >= 4 is 11.6 Å². The van der Waals surface area contributed by atoms with Gasteiger partial charge in [0.1, 0.15) is 0 Å². The molecule has 3 rings (SSSR count). The van der Waals surface area contributed by atoms with Gasteiger partial charge >= 0.3 is 0 Å². The third kappa shape index (κ3) is 3.42. The molecular weight excluding hydrogens is 302 g/mol. The molecule has 0 unspecified atom stereocenters. The summed E-state index contributed by atoms with van der Waals surface area (Å²) < 4.78 is 1.83. The highest BCUT2D eigenvalue weighted by molar-refractivity contribution is 5.93. The van der Waals surface area contributed by atoms with Crippen LogP contribution < -0.4 is 4.90 Å². The van der Waals surface area contributed by atoms with Crippen LogP contribution in [0.3, 0.4) is 0 Å². The summed E-state index contributed by atoms with van der Waals surface area (Å²) in [5, 5.41) is 4.27. The molecule has 2 aromatic heterocycles. The summed E-state index contributed by atoms with van der Waals surface area (Å²) in [7, 11) is 0. The van der Waals surface area contributed by atoms with Gasteiger partial charge in [0, 0.05) is 55.5 Å². The van der Waals surface area contributed by atoms with Crippen LogP contribution in [-0.2, 0) is 0 Å². The molecule has 1 aliphatic heterocycles. The summed E-state index contributed by atoms with van der Waals surface area (Å²) in [4.78, 5) is 21.3. The van der Waals surface area contributed by atoms with Crippen molar-refractivity contribution in [2.24, 2.45) is 0 Å². The number of piperazine rings is 1. The number of anilines is 1. The van der Waals surface area contributed by atoms with Gasteiger partial charge in [-0.05, 0) is 39.8 Å². The van der Waals surface area contributed by atoms with Gasteiger partial charge < -0.3 is 9.80 Å². The average molecular weight is 327 g/mol. The summed E-state index contributed by atoms with van der Waals surface area (Å²) in [6.45, 7) is 11.3. The van der Waals surface area contributed by atoms with E-state index in [0.29, 0.717) is 5.56 Å². The molecule has 0 spiro atoms. The lowest BCUT2D eigenvalue weighted by molar-refractivity contribution is 0.0746. The minimum Gasteiger partial charge on any atom is -0.368 e. The van der Waals surface area contributed by atoms with E-state index < -0.39 is 0 Å². The third-order valence-electron chi connectivity index (χ3n) is 4.38. The Bertz CT molecular complexity index is 709. The van der Waals surface area contributed by atoms with Crippen LogP contribution in [0.25, 0.3) is 0 Å². The van der Waals surface area contributed by atoms with Crippen LogP contribution in [0.5, 0.6) is 0 Å². The summed E-state index contributed by atoms with van der Waals surface area (Å²) in [5.41, 5.74) is 3.93. The van der Waals surface area contributed by atoms with Crippen LogP contribution in [0, 0.1) is 13.8 Å². The predicted octanol–water partition coefficient (Wildman–Crippen LogP) is 2.44. The molecule has 0 radical (unpaired) electrons. The minimum atomic E-state index is 0.0728. The maximum atomic E-state index is 12.6. The van der Waals surface area contributed by atoms with Gasteiger partial charge in [-0.2, -0.15) is 5.10 Å². The summed E-state index contributed by atoms with van der Waals surface area (Å²) in [6, 6.07) is 4.48. The number of rotatable bonds is 3. The molecule has 0 atom stereocenters. The Kier molecular flexibility index (Phi) is 4.55. The van der Waals surface area contributed by atoms with Crippen molar-refractivity contribution in [1.29, 1.82) is 0 Å². The van der Waals surface area contributed by atoms with E-state index in [9.17, 15) is 4.79 Å². The molecule has 1 saturated heterocycles. The molecule has 6 nitrogen and oxygen atoms in total. The van der Waals surface area contributed by atoms with Crippen molar-refractivity contribution in [3.8, 4) is 0 Å². The second-order valence-corrected chi connectivity index (χ2v) is 6.69. The van der Waals surface area contributed by atoms with Crippen molar-refractivity contribution < 1.29 is 4.79 Å². The molecule has 2 aromatic rings. The lowest BCUT2D eigenvalue weighted by atomic mass is 10.2. The standard InChI is InChI=1S/C18H25N5O/c1-13(2)23-12-16(11-19-23)18(24)22-7-5-21(6-8-22)17-9-14(3)20-15(4)10-17/h9-13H,5-8H2,1-4H3. The van der Waals surface area contributed by atoms with E-state index in [4.69, 9.17) is 0 Å². The smallest absolute Gasteiger partial charge is 0.257 e. The number of hydrogen-bond donors (Lipinski definition) is 0. The van der Waals surface area contributed by atoms with Crippen molar-refractivity contribution in [1.82, 2.24) is 19.7 Å². The first kappa shape index (κ1) is 16.5. The molecule has 1 fully saturated rings. The number of aryl methyl sites for hydroxylation is 2. The van der Waals surface area contributed by atoms with Gasteiger partial charge in [0.25, 0.3) is 5.91 Å². The molecule has 0 aliphatic carbocycles. The fourth-order valence-electron chi connectivity index (χ4n) is 3.08. The molecule has 24 heavy (non-hydrogen) atoms. The predicted molar refractivity (Wildman–Crippen MR) is 94.4 cm³/mol. The minimum absolute atomic E-state index is 0.0728. The molecule has 6 heteroatoms. The molecule has 1 aliphatic rings. The van der Waals surface area contributed by atoms with Crippen LogP contribution in [-0.4, -0.2) is 51.8 Å². The fraction of sp³-hybridized carbons (Fsp3) is 0.500. The number of carbonyl (C=O) groups excluding carboxylic acids is 1. The second kappa shape index (κ2) is 6.63. The van der Waals surface area contributed by atoms with Crippen LogP contribution in [0.4, 0.5) is 5.69 Å². The monoisotopic (exact) mass is 327 g/mol. The normalized spacial score (nSPS) is 15.2. The maximum Gasteiger partial charge on any atom is 0.257 e. The Labute approximate surface area is 143 Å². The number of aromatic nitrogens is 3. The van der Waals surface area contributed by atoms with Crippen molar-refractivity contribution in [3.63, 3.8) is 0 Å². The number of amides is 1. The first-order valence-electron chi connectivity index (χ1n) is 8.47. The van der Waals surface area contributed by atoms with E-state index in [0.717, 1.165) is 37.6 Å². The second-order valence-electron chi connectivity index (χ2n) is 6.69. The van der Waals surface area contributed by atoms with Gasteiger partial charge in [0.2, 0.25) is 0 Å². The highest BCUT2D eigenvalue weighted by Crippen LogP contribution is 2.19. The summed E-state index contributed by atoms with van der Waals surface area (Å²) in [5.74, 6) is 0.0728. The molecule has 1 amide bonds. The zero-order valence-electron chi connectivity index (χ0n) is 14.9. The van der Waals surface area contributed by atoms with E-state index in [2.05, 4.69) is 41.0 Å². The molecule has 128 valence electrons. The van der Waals surface area contributed by atoms with Crippen molar-refractivity contribution in [2.45, 2.75) is 33.7 Å². The van der Waals surface area contributed by atoms with E-state index >= 15 is 0 Å². The molecule has 0 bridgehead atoms. The topological polar surface area (TPSA) is 54.3 Å². The number of nitrogens with zero attached hydrogens (tertiary/aromatic N) is 5. The van der Waals surface area contributed by atoms with Crippen LogP contribution in [0.15, 0.2) is 24.5 Å². The molecule has 0 saturated carbocycles. The first-order chi connectivity index (χ1) is 11.4. The van der Waals surface area contributed by atoms with Crippen LogP contribution in [0.1, 0.15) is 41.6 Å². The fourth-order valence-corrected chi connectivity index (χ4v) is 3.08. The van der Waals surface area contributed by atoms with Gasteiger partial charge in [-0.1, -0.05) is 0 Å². The lowest BCUT2D eigenvalue weighted by Gasteiger charge is -2.36. The molecule has 0 aromatic carbocycles. The molecule has 0 N–H and O–H groups in total. The number of hydrogen-bond acceptors (Lipinski definition) is 4. The van der Waals surface area contributed by atoms with E-state index in [1.807, 2.05) is 29.6 Å². The van der Waals surface area contributed by atoms with Gasteiger partial charge in [0.05, 0.1) is 11.8 Å². The molecule has 3 heterocycles. The lowest BCUT2D eigenvalue weighted by Crippen LogP contribution is -2.48. The average Bonchev–Trinajstić information content (AvgIpc) is 3.03. The Hall–Kier alpha value is -2.37. The summed E-state index contributed by atoms with van der Waals surface area (Å²) >= 11 is 0. The quantitative estimate of drug-likeness (QED) is 0.869. The Morgan fingerprint density at radius 1 is 1.08 bits per heavy atom. The maximum absolute atomic E-state index is 12.6. The van der Waals surface area contributed by atoms with Gasteiger partial charge in [-0.3, -0.25) is 14.5 Å². The van der Waals surface area contributed by atoms with Crippen LogP contribution in [0.2, 0.25) is 0 Å². The largest absolute Gasteiger partial charge is 0.368 e. The van der Waals surface area contributed by atoms with E-state index in [1.165, 1.54) is 5.69 Å². The zero-order chi connectivity index (χ0) is 17.3. The molecular formula is C18H25N5O. The van der Waals surface area contributed by atoms with E-state index in [1.54, 1.807) is 6.20 Å². The summed E-state index contributed by atoms with van der Waals surface area (Å²) in [6.07, 6.45) is 3.51. The zero-order valence-corrected chi connectivity index (χ0v) is 14.9.